The van der Waals surface area contributed by atoms with Gasteiger partial charge in [-0.15, -0.1) is 0 Å². The highest BCUT2D eigenvalue weighted by Crippen LogP contribution is 2.24. The van der Waals surface area contributed by atoms with Crippen LogP contribution in [-0.4, -0.2) is 45.0 Å². The minimum absolute atomic E-state index is 0.00939. The van der Waals surface area contributed by atoms with Crippen molar-refractivity contribution in [2.45, 2.75) is 17.9 Å². The predicted molar refractivity (Wildman–Crippen MR) is 66.0 cm³/mol. The summed E-state index contributed by atoms with van der Waals surface area (Å²) in [6.07, 6.45) is -1.13. The first-order chi connectivity index (χ1) is 8.40. The van der Waals surface area contributed by atoms with E-state index in [9.17, 15) is 8.42 Å². The van der Waals surface area contributed by atoms with Crippen LogP contribution in [0.1, 0.15) is 5.56 Å². The molecule has 0 saturated heterocycles. The quantitative estimate of drug-likeness (QED) is 0.658. The Balaban J connectivity index is 3.00. The predicted octanol–water partition coefficient (Wildman–Crippen LogP) is -0.365. The van der Waals surface area contributed by atoms with E-state index in [0.717, 1.165) is 5.56 Å². The van der Waals surface area contributed by atoms with Gasteiger partial charge in [-0.25, -0.2) is 13.1 Å². The monoisotopic (exact) mass is 275 g/mol. The van der Waals surface area contributed by atoms with Crippen LogP contribution >= 0.6 is 0 Å². The van der Waals surface area contributed by atoms with Gasteiger partial charge in [-0.1, -0.05) is 6.07 Å². The Kier molecular flexibility index (Phi) is 5.09. The second-order valence-electron chi connectivity index (χ2n) is 3.84. The Morgan fingerprint density at radius 1 is 1.44 bits per heavy atom. The van der Waals surface area contributed by atoms with Crippen molar-refractivity contribution < 1.29 is 23.4 Å². The lowest BCUT2D eigenvalue weighted by atomic mass is 10.2. The molecule has 0 radical (unpaired) electrons. The van der Waals surface area contributed by atoms with Crippen LogP contribution < -0.4 is 9.46 Å². The van der Waals surface area contributed by atoms with E-state index in [1.807, 2.05) is 0 Å². The lowest BCUT2D eigenvalue weighted by Crippen LogP contribution is -2.34. The molecule has 102 valence electrons. The zero-order valence-corrected chi connectivity index (χ0v) is 11.1. The number of hydrogen-bond acceptors (Lipinski definition) is 5. The SMILES string of the molecule is COc1ccc(C)cc1S(=O)(=O)NCC(O)CO. The Morgan fingerprint density at radius 3 is 2.67 bits per heavy atom. The molecule has 1 aromatic carbocycles. The topological polar surface area (TPSA) is 95.9 Å². The van der Waals surface area contributed by atoms with Crippen molar-refractivity contribution in [1.29, 1.82) is 0 Å². The third-order valence-electron chi connectivity index (χ3n) is 2.33. The molecule has 1 atom stereocenters. The largest absolute Gasteiger partial charge is 0.495 e. The maximum atomic E-state index is 12.0. The van der Waals surface area contributed by atoms with E-state index in [-0.39, 0.29) is 17.2 Å². The maximum Gasteiger partial charge on any atom is 0.244 e. The average molecular weight is 275 g/mol. The Bertz CT molecular complexity index is 500. The first-order valence-corrected chi connectivity index (χ1v) is 6.82. The number of hydrogen-bond donors (Lipinski definition) is 3. The molecule has 0 fully saturated rings. The summed E-state index contributed by atoms with van der Waals surface area (Å²) >= 11 is 0. The fraction of sp³-hybridized carbons (Fsp3) is 0.455. The lowest BCUT2D eigenvalue weighted by Gasteiger charge is -2.13. The van der Waals surface area contributed by atoms with Gasteiger partial charge in [0.1, 0.15) is 10.6 Å². The van der Waals surface area contributed by atoms with Gasteiger partial charge in [0.2, 0.25) is 10.0 Å². The molecule has 0 aromatic heterocycles. The van der Waals surface area contributed by atoms with Crippen LogP contribution in [-0.2, 0) is 10.0 Å². The van der Waals surface area contributed by atoms with E-state index < -0.39 is 22.7 Å². The average Bonchev–Trinajstić information content (AvgIpc) is 2.36. The standard InChI is InChI=1S/C11H17NO5S/c1-8-3-4-10(17-2)11(5-8)18(15,16)12-6-9(14)7-13/h3-5,9,12-14H,6-7H2,1-2H3. The molecule has 1 unspecified atom stereocenters. The van der Waals surface area contributed by atoms with Crippen LogP contribution in [0.25, 0.3) is 0 Å². The summed E-state index contributed by atoms with van der Waals surface area (Å²) in [6.45, 7) is 1.00. The van der Waals surface area contributed by atoms with Crippen molar-refractivity contribution in [3.05, 3.63) is 23.8 Å². The summed E-state index contributed by atoms with van der Waals surface area (Å²) < 4.78 is 31.2. The summed E-state index contributed by atoms with van der Waals surface area (Å²) in [7, 11) is -2.40. The van der Waals surface area contributed by atoms with Crippen LogP contribution in [0, 0.1) is 6.92 Å². The Hall–Kier alpha value is -1.15. The molecule has 7 heteroatoms. The number of aliphatic hydroxyl groups excluding tert-OH is 2. The van der Waals surface area contributed by atoms with E-state index in [1.54, 1.807) is 19.1 Å². The van der Waals surface area contributed by atoms with Crippen LogP contribution in [0.3, 0.4) is 0 Å². The van der Waals surface area contributed by atoms with E-state index >= 15 is 0 Å². The van der Waals surface area contributed by atoms with Gasteiger partial charge in [-0.3, -0.25) is 0 Å². The fourth-order valence-corrected chi connectivity index (χ4v) is 2.67. The molecular weight excluding hydrogens is 258 g/mol. The van der Waals surface area contributed by atoms with Crippen LogP contribution in [0.2, 0.25) is 0 Å². The number of aryl methyl sites for hydroxylation is 1. The minimum Gasteiger partial charge on any atom is -0.495 e. The van der Waals surface area contributed by atoms with Gasteiger partial charge in [0, 0.05) is 6.54 Å². The molecule has 0 aliphatic rings. The maximum absolute atomic E-state index is 12.0. The van der Waals surface area contributed by atoms with Crippen molar-refractivity contribution in [3.63, 3.8) is 0 Å². The summed E-state index contributed by atoms with van der Waals surface area (Å²) in [5.74, 6) is 0.228. The molecule has 0 saturated carbocycles. The number of aliphatic hydroxyl groups is 2. The number of nitrogens with one attached hydrogen (secondary N) is 1. The highest BCUT2D eigenvalue weighted by Gasteiger charge is 2.20. The van der Waals surface area contributed by atoms with Crippen molar-refractivity contribution in [2.24, 2.45) is 0 Å². The summed E-state index contributed by atoms with van der Waals surface area (Å²) in [4.78, 5) is 0.00939. The summed E-state index contributed by atoms with van der Waals surface area (Å²) in [6, 6.07) is 4.78. The van der Waals surface area contributed by atoms with Crippen LogP contribution in [0.5, 0.6) is 5.75 Å². The van der Waals surface area contributed by atoms with Gasteiger partial charge in [0.25, 0.3) is 0 Å². The molecule has 0 spiro atoms. The van der Waals surface area contributed by atoms with E-state index in [2.05, 4.69) is 4.72 Å². The third-order valence-corrected chi connectivity index (χ3v) is 3.77. The van der Waals surface area contributed by atoms with Crippen molar-refractivity contribution in [1.82, 2.24) is 4.72 Å². The zero-order valence-electron chi connectivity index (χ0n) is 10.3. The summed E-state index contributed by atoms with van der Waals surface area (Å²) in [5, 5.41) is 17.8. The molecule has 1 rings (SSSR count). The van der Waals surface area contributed by atoms with Crippen molar-refractivity contribution >= 4 is 10.0 Å². The lowest BCUT2D eigenvalue weighted by molar-refractivity contribution is 0.0988. The molecule has 3 N–H and O–H groups in total. The number of sulfonamides is 1. The molecule has 0 amide bonds. The highest BCUT2D eigenvalue weighted by atomic mass is 32.2. The molecule has 0 aliphatic carbocycles. The highest BCUT2D eigenvalue weighted by molar-refractivity contribution is 7.89. The van der Waals surface area contributed by atoms with E-state index in [0.29, 0.717) is 0 Å². The molecule has 6 nitrogen and oxygen atoms in total. The molecule has 18 heavy (non-hydrogen) atoms. The van der Waals surface area contributed by atoms with Gasteiger partial charge < -0.3 is 14.9 Å². The molecule has 0 heterocycles. The van der Waals surface area contributed by atoms with E-state index in [4.69, 9.17) is 14.9 Å². The number of methoxy groups -OCH3 is 1. The fourth-order valence-electron chi connectivity index (χ4n) is 1.34. The van der Waals surface area contributed by atoms with Gasteiger partial charge in [0.05, 0.1) is 19.8 Å². The number of rotatable bonds is 6. The Morgan fingerprint density at radius 2 is 2.11 bits per heavy atom. The number of benzene rings is 1. The van der Waals surface area contributed by atoms with Gasteiger partial charge in [-0.05, 0) is 24.6 Å². The smallest absolute Gasteiger partial charge is 0.244 e. The van der Waals surface area contributed by atoms with Crippen LogP contribution in [0.4, 0.5) is 0 Å². The normalized spacial score (nSPS) is 13.3. The molecule has 1 aromatic rings. The molecule has 0 aliphatic heterocycles. The number of ether oxygens (including phenoxy) is 1. The van der Waals surface area contributed by atoms with Crippen LogP contribution in [0.15, 0.2) is 23.1 Å². The summed E-state index contributed by atoms with van der Waals surface area (Å²) in [5.41, 5.74) is 0.777. The first-order valence-electron chi connectivity index (χ1n) is 5.34. The third kappa shape index (κ3) is 3.67. The zero-order chi connectivity index (χ0) is 13.8. The molecular formula is C11H17NO5S. The van der Waals surface area contributed by atoms with Crippen molar-refractivity contribution in [2.75, 3.05) is 20.3 Å². The van der Waals surface area contributed by atoms with Gasteiger partial charge in [-0.2, -0.15) is 0 Å². The molecule has 0 bridgehead atoms. The van der Waals surface area contributed by atoms with Crippen molar-refractivity contribution in [3.8, 4) is 5.75 Å². The van der Waals surface area contributed by atoms with E-state index in [1.165, 1.54) is 13.2 Å². The second-order valence-corrected chi connectivity index (χ2v) is 5.58. The minimum atomic E-state index is -3.78. The first kappa shape index (κ1) is 14.9. The Labute approximate surface area is 106 Å². The second kappa shape index (κ2) is 6.14. The van der Waals surface area contributed by atoms with Gasteiger partial charge in [0.15, 0.2) is 0 Å². The van der Waals surface area contributed by atoms with Gasteiger partial charge >= 0.3 is 0 Å².